The highest BCUT2D eigenvalue weighted by molar-refractivity contribution is 7.98. The maximum atomic E-state index is 13.2. The van der Waals surface area contributed by atoms with Gasteiger partial charge in [0.05, 0.1) is 16.5 Å². The molecule has 0 spiro atoms. The fraction of sp³-hybridized carbons (Fsp3) is 0.250. The Hall–Kier alpha value is -2.64. The molecule has 1 amide bonds. The van der Waals surface area contributed by atoms with Crippen LogP contribution in [-0.2, 0) is 28.7 Å². The van der Waals surface area contributed by atoms with Gasteiger partial charge in [0.1, 0.15) is 0 Å². The quantitative estimate of drug-likeness (QED) is 0.475. The normalized spacial score (nSPS) is 13.8. The third kappa shape index (κ3) is 5.47. The molecule has 0 atom stereocenters. The van der Waals surface area contributed by atoms with Crippen LogP contribution in [0.3, 0.4) is 0 Å². The third-order valence-corrected chi connectivity index (χ3v) is 9.31. The number of amides is 1. The van der Waals surface area contributed by atoms with Gasteiger partial charge in [-0.15, -0.1) is 11.3 Å². The zero-order valence-corrected chi connectivity index (χ0v) is 20.3. The van der Waals surface area contributed by atoms with Crippen LogP contribution in [0.2, 0.25) is 0 Å². The minimum atomic E-state index is -3.68. The Balaban J connectivity index is 1.33. The number of hydrogen-bond acceptors (Lipinski definition) is 6. The van der Waals surface area contributed by atoms with Gasteiger partial charge in [-0.05, 0) is 53.3 Å². The number of thioether (sulfide) groups is 1. The van der Waals surface area contributed by atoms with E-state index in [9.17, 15) is 13.2 Å². The lowest BCUT2D eigenvalue weighted by atomic mass is 10.1. The van der Waals surface area contributed by atoms with E-state index in [0.29, 0.717) is 48.7 Å². The van der Waals surface area contributed by atoms with Crippen LogP contribution in [0.25, 0.3) is 0 Å². The van der Waals surface area contributed by atoms with Crippen LogP contribution in [0, 0.1) is 11.3 Å². The van der Waals surface area contributed by atoms with Crippen LogP contribution in [0.1, 0.15) is 31.9 Å². The summed E-state index contributed by atoms with van der Waals surface area (Å²) >= 11 is 3.29. The van der Waals surface area contributed by atoms with Crippen molar-refractivity contribution in [2.75, 3.05) is 18.8 Å². The first-order valence-electron chi connectivity index (χ1n) is 10.5. The van der Waals surface area contributed by atoms with E-state index in [4.69, 9.17) is 5.26 Å². The summed E-state index contributed by atoms with van der Waals surface area (Å²) in [6.45, 7) is 1.25. The summed E-state index contributed by atoms with van der Waals surface area (Å²) in [6.07, 6.45) is 0.711. The van der Waals surface area contributed by atoms with Crippen molar-refractivity contribution >= 4 is 39.0 Å². The Morgan fingerprint density at radius 2 is 2.03 bits per heavy atom. The van der Waals surface area contributed by atoms with Gasteiger partial charge in [0.25, 0.3) is 5.91 Å². The zero-order valence-electron chi connectivity index (χ0n) is 17.9. The molecular weight excluding hydrogens is 474 g/mol. The molecule has 0 fully saturated rings. The predicted octanol–water partition coefficient (Wildman–Crippen LogP) is 4.03. The van der Waals surface area contributed by atoms with Crippen molar-refractivity contribution in [3.63, 3.8) is 0 Å². The van der Waals surface area contributed by atoms with Gasteiger partial charge in [-0.2, -0.15) is 21.3 Å². The average molecular weight is 498 g/mol. The largest absolute Gasteiger partial charge is 0.351 e. The number of benzene rings is 2. The molecule has 1 aliphatic heterocycles. The summed E-state index contributed by atoms with van der Waals surface area (Å²) in [7, 11) is -3.68. The van der Waals surface area contributed by atoms with Crippen molar-refractivity contribution in [1.82, 2.24) is 9.62 Å². The summed E-state index contributed by atoms with van der Waals surface area (Å²) in [5.41, 5.74) is 3.01. The van der Waals surface area contributed by atoms with Crippen molar-refractivity contribution in [2.45, 2.75) is 23.6 Å². The minimum absolute atomic E-state index is 0.135. The molecule has 170 valence electrons. The van der Waals surface area contributed by atoms with E-state index in [1.807, 2.05) is 29.6 Å². The average Bonchev–Trinajstić information content (AvgIpc) is 3.32. The SMILES string of the molecule is N#Cc1ccccc1CSCCNC(=O)c1cccc(S(=O)(=O)N2CCc3sccc3C2)c1. The molecule has 1 aliphatic rings. The van der Waals surface area contributed by atoms with E-state index in [0.717, 1.165) is 11.1 Å². The van der Waals surface area contributed by atoms with Crippen LogP contribution in [-0.4, -0.2) is 37.5 Å². The van der Waals surface area contributed by atoms with Crippen molar-refractivity contribution in [3.05, 3.63) is 87.1 Å². The number of hydrogen-bond donors (Lipinski definition) is 1. The van der Waals surface area contributed by atoms with Gasteiger partial charge in [0.15, 0.2) is 0 Å². The number of nitriles is 1. The summed E-state index contributed by atoms with van der Waals surface area (Å²) < 4.78 is 27.8. The number of fused-ring (bicyclic) bond motifs is 1. The number of carbonyl (C=O) groups excluding carboxylic acids is 1. The maximum Gasteiger partial charge on any atom is 0.251 e. The summed E-state index contributed by atoms with van der Waals surface area (Å²) in [5, 5.41) is 14.0. The van der Waals surface area contributed by atoms with E-state index in [1.54, 1.807) is 41.3 Å². The first kappa shape index (κ1) is 23.5. The molecule has 0 unspecified atom stereocenters. The Bertz CT molecular complexity index is 1300. The van der Waals surface area contributed by atoms with Crippen LogP contribution in [0.5, 0.6) is 0 Å². The fourth-order valence-corrected chi connectivity index (χ4v) is 6.87. The monoisotopic (exact) mass is 497 g/mol. The highest BCUT2D eigenvalue weighted by atomic mass is 32.2. The molecule has 0 bridgehead atoms. The molecule has 2 heterocycles. The van der Waals surface area contributed by atoms with E-state index < -0.39 is 10.0 Å². The second-order valence-corrected chi connectivity index (χ2v) is 11.6. The van der Waals surface area contributed by atoms with E-state index in [1.165, 1.54) is 21.3 Å². The van der Waals surface area contributed by atoms with Gasteiger partial charge >= 0.3 is 0 Å². The molecule has 4 rings (SSSR count). The standard InChI is InChI=1S/C24H23N3O3S3/c25-15-19-4-1-2-5-21(19)17-31-13-10-26-24(28)18-6-3-7-22(14-18)33(29,30)27-11-8-23-20(16-27)9-12-32-23/h1-7,9,12,14H,8,10-11,13,16-17H2,(H,26,28). The topological polar surface area (TPSA) is 90.3 Å². The van der Waals surface area contributed by atoms with Gasteiger partial charge in [-0.1, -0.05) is 24.3 Å². The van der Waals surface area contributed by atoms with Crippen LogP contribution >= 0.6 is 23.1 Å². The predicted molar refractivity (Wildman–Crippen MR) is 132 cm³/mol. The van der Waals surface area contributed by atoms with Gasteiger partial charge in [-0.3, -0.25) is 4.79 Å². The maximum absolute atomic E-state index is 13.2. The number of carbonyl (C=O) groups is 1. The number of thiophene rings is 1. The Labute approximate surface area is 202 Å². The molecule has 1 N–H and O–H groups in total. The van der Waals surface area contributed by atoms with Crippen LogP contribution in [0.15, 0.2) is 64.9 Å². The second-order valence-electron chi connectivity index (χ2n) is 7.56. The van der Waals surface area contributed by atoms with Gasteiger partial charge in [0, 0.05) is 41.6 Å². The molecule has 9 heteroatoms. The van der Waals surface area contributed by atoms with Crippen LogP contribution in [0.4, 0.5) is 0 Å². The lowest BCUT2D eigenvalue weighted by molar-refractivity contribution is 0.0956. The molecule has 3 aromatic rings. The van der Waals surface area contributed by atoms with Gasteiger partial charge in [-0.25, -0.2) is 8.42 Å². The molecule has 0 radical (unpaired) electrons. The number of nitrogens with one attached hydrogen (secondary N) is 1. The molecule has 0 aliphatic carbocycles. The van der Waals surface area contributed by atoms with Crippen molar-refractivity contribution in [3.8, 4) is 6.07 Å². The number of sulfonamides is 1. The van der Waals surface area contributed by atoms with Crippen molar-refractivity contribution < 1.29 is 13.2 Å². The van der Waals surface area contributed by atoms with Gasteiger partial charge in [0.2, 0.25) is 10.0 Å². The Morgan fingerprint density at radius 3 is 2.88 bits per heavy atom. The zero-order chi connectivity index (χ0) is 23.3. The fourth-order valence-electron chi connectivity index (χ4n) is 3.65. The third-order valence-electron chi connectivity index (χ3n) is 5.43. The second kappa shape index (κ2) is 10.5. The number of rotatable bonds is 8. The van der Waals surface area contributed by atoms with Gasteiger partial charge < -0.3 is 5.32 Å². The van der Waals surface area contributed by atoms with E-state index in [-0.39, 0.29) is 10.8 Å². The molecule has 33 heavy (non-hydrogen) atoms. The highest BCUT2D eigenvalue weighted by Crippen LogP contribution is 2.28. The highest BCUT2D eigenvalue weighted by Gasteiger charge is 2.29. The van der Waals surface area contributed by atoms with Crippen molar-refractivity contribution in [1.29, 1.82) is 5.26 Å². The first-order chi connectivity index (χ1) is 16.0. The van der Waals surface area contributed by atoms with E-state index in [2.05, 4.69) is 11.4 Å². The molecule has 1 aromatic heterocycles. The molecule has 0 saturated heterocycles. The minimum Gasteiger partial charge on any atom is -0.351 e. The first-order valence-corrected chi connectivity index (χ1v) is 14.0. The molecule has 0 saturated carbocycles. The lowest BCUT2D eigenvalue weighted by Crippen LogP contribution is -2.35. The summed E-state index contributed by atoms with van der Waals surface area (Å²) in [5.74, 6) is 1.07. The lowest BCUT2D eigenvalue weighted by Gasteiger charge is -2.26. The Morgan fingerprint density at radius 1 is 1.18 bits per heavy atom. The Kier molecular flexibility index (Phi) is 7.50. The van der Waals surface area contributed by atoms with Crippen molar-refractivity contribution in [2.24, 2.45) is 0 Å². The molecular formula is C24H23N3O3S3. The van der Waals surface area contributed by atoms with E-state index >= 15 is 0 Å². The van der Waals surface area contributed by atoms with Crippen LogP contribution < -0.4 is 5.32 Å². The smallest absolute Gasteiger partial charge is 0.251 e. The number of nitrogens with zero attached hydrogens (tertiary/aromatic N) is 2. The molecule has 2 aromatic carbocycles. The summed E-state index contributed by atoms with van der Waals surface area (Å²) in [6, 6.07) is 17.8. The molecule has 6 nitrogen and oxygen atoms in total. The summed E-state index contributed by atoms with van der Waals surface area (Å²) in [4.78, 5) is 14.0.